The molecule has 0 atom stereocenters. The number of nitrogens with zero attached hydrogens (tertiary/aromatic N) is 4. The minimum atomic E-state index is -0.131. The average Bonchev–Trinajstić information content (AvgIpc) is 3.16. The second-order valence-electron chi connectivity index (χ2n) is 6.35. The average molecular weight is 362 g/mol. The Balaban J connectivity index is 1.76. The number of hydrogen-bond donors (Lipinski definition) is 0. The Labute approximate surface area is 154 Å². The molecule has 0 aliphatic heterocycles. The standard InChI is InChI=1S/C20H18N4OS/c1-13-6-4-5-7-16(13)18-21-20-24(22-18)19(25)17(26-20)12-14-8-10-15(11-9-14)23(2)3/h4-12H,1-3H3/b17-12-. The molecule has 2 heterocycles. The summed E-state index contributed by atoms with van der Waals surface area (Å²) in [4.78, 5) is 19.9. The molecule has 2 aromatic heterocycles. The van der Waals surface area contributed by atoms with E-state index in [4.69, 9.17) is 0 Å². The van der Waals surface area contributed by atoms with Crippen LogP contribution in [-0.4, -0.2) is 28.7 Å². The van der Waals surface area contributed by atoms with E-state index in [0.29, 0.717) is 15.3 Å². The predicted molar refractivity (Wildman–Crippen MR) is 107 cm³/mol. The first-order chi connectivity index (χ1) is 12.5. The van der Waals surface area contributed by atoms with Crippen LogP contribution in [0.2, 0.25) is 0 Å². The second kappa shape index (κ2) is 6.38. The van der Waals surface area contributed by atoms with Crippen molar-refractivity contribution in [3.8, 4) is 11.4 Å². The summed E-state index contributed by atoms with van der Waals surface area (Å²) in [5, 5.41) is 4.42. The van der Waals surface area contributed by atoms with Gasteiger partial charge in [-0.1, -0.05) is 47.7 Å². The Kier molecular flexibility index (Phi) is 4.05. The number of hydrogen-bond acceptors (Lipinski definition) is 5. The molecule has 0 saturated heterocycles. The number of fused-ring (bicyclic) bond motifs is 1. The molecule has 0 bridgehead atoms. The van der Waals surface area contributed by atoms with E-state index in [1.54, 1.807) is 0 Å². The maximum atomic E-state index is 12.7. The third kappa shape index (κ3) is 2.88. The van der Waals surface area contributed by atoms with Crippen LogP contribution in [0.15, 0.2) is 53.3 Å². The van der Waals surface area contributed by atoms with Crippen LogP contribution in [0.25, 0.3) is 22.4 Å². The fourth-order valence-corrected chi connectivity index (χ4v) is 3.70. The van der Waals surface area contributed by atoms with Gasteiger partial charge in [0.05, 0.1) is 4.53 Å². The van der Waals surface area contributed by atoms with Crippen LogP contribution in [0.5, 0.6) is 0 Å². The molecular weight excluding hydrogens is 344 g/mol. The highest BCUT2D eigenvalue weighted by Crippen LogP contribution is 2.20. The fraction of sp³-hybridized carbons (Fsp3) is 0.150. The van der Waals surface area contributed by atoms with Gasteiger partial charge in [0, 0.05) is 25.3 Å². The van der Waals surface area contributed by atoms with Crippen LogP contribution >= 0.6 is 11.3 Å². The van der Waals surface area contributed by atoms with Gasteiger partial charge in [-0.05, 0) is 36.3 Å². The molecule has 4 aromatic rings. The van der Waals surface area contributed by atoms with Gasteiger partial charge < -0.3 is 4.90 Å². The van der Waals surface area contributed by atoms with Gasteiger partial charge in [0.2, 0.25) is 4.96 Å². The quantitative estimate of drug-likeness (QED) is 0.562. The maximum Gasteiger partial charge on any atom is 0.291 e. The topological polar surface area (TPSA) is 50.5 Å². The van der Waals surface area contributed by atoms with E-state index in [0.717, 1.165) is 22.4 Å². The second-order valence-corrected chi connectivity index (χ2v) is 7.36. The Hall–Kier alpha value is -2.99. The zero-order chi connectivity index (χ0) is 18.3. The van der Waals surface area contributed by atoms with Gasteiger partial charge >= 0.3 is 0 Å². The Bertz CT molecular complexity index is 1190. The van der Waals surface area contributed by atoms with E-state index < -0.39 is 0 Å². The molecule has 0 aliphatic carbocycles. The maximum absolute atomic E-state index is 12.7. The summed E-state index contributed by atoms with van der Waals surface area (Å²) in [6.45, 7) is 2.01. The van der Waals surface area contributed by atoms with E-state index in [1.165, 1.54) is 15.9 Å². The van der Waals surface area contributed by atoms with Crippen LogP contribution in [0.4, 0.5) is 5.69 Å². The minimum Gasteiger partial charge on any atom is -0.378 e. The van der Waals surface area contributed by atoms with Crippen LogP contribution in [0, 0.1) is 6.92 Å². The summed E-state index contributed by atoms with van der Waals surface area (Å²) in [7, 11) is 4.00. The van der Waals surface area contributed by atoms with E-state index in [1.807, 2.05) is 80.5 Å². The lowest BCUT2D eigenvalue weighted by atomic mass is 10.1. The summed E-state index contributed by atoms with van der Waals surface area (Å²) in [6.07, 6.45) is 1.89. The van der Waals surface area contributed by atoms with Crippen LogP contribution in [0.1, 0.15) is 11.1 Å². The van der Waals surface area contributed by atoms with E-state index in [2.05, 4.69) is 10.1 Å². The molecule has 26 heavy (non-hydrogen) atoms. The summed E-state index contributed by atoms with van der Waals surface area (Å²) in [5.41, 5.74) is 4.01. The lowest BCUT2D eigenvalue weighted by Crippen LogP contribution is -2.23. The van der Waals surface area contributed by atoms with Gasteiger partial charge in [0.15, 0.2) is 5.82 Å². The van der Waals surface area contributed by atoms with E-state index in [-0.39, 0.29) is 5.56 Å². The van der Waals surface area contributed by atoms with Crippen molar-refractivity contribution >= 4 is 28.1 Å². The van der Waals surface area contributed by atoms with Gasteiger partial charge in [-0.2, -0.15) is 9.50 Å². The number of aryl methyl sites for hydroxylation is 1. The van der Waals surface area contributed by atoms with Crippen molar-refractivity contribution in [1.82, 2.24) is 14.6 Å². The molecular formula is C20H18N4OS. The Morgan fingerprint density at radius 1 is 1.08 bits per heavy atom. The number of aromatic nitrogens is 3. The van der Waals surface area contributed by atoms with Gasteiger partial charge in [-0.15, -0.1) is 5.10 Å². The molecule has 0 N–H and O–H groups in total. The third-order valence-corrected chi connectivity index (χ3v) is 5.23. The van der Waals surface area contributed by atoms with Crippen LogP contribution in [0.3, 0.4) is 0 Å². The molecule has 0 saturated carbocycles. The zero-order valence-electron chi connectivity index (χ0n) is 14.8. The minimum absolute atomic E-state index is 0.131. The van der Waals surface area contributed by atoms with Crippen molar-refractivity contribution in [2.24, 2.45) is 0 Å². The summed E-state index contributed by atoms with van der Waals surface area (Å²) in [5.74, 6) is 0.591. The SMILES string of the molecule is Cc1ccccc1-c1nc2s/c(=C\c3ccc(N(C)C)cc3)c(=O)n2n1. The van der Waals surface area contributed by atoms with Crippen molar-refractivity contribution in [3.63, 3.8) is 0 Å². The molecule has 0 radical (unpaired) electrons. The fourth-order valence-electron chi connectivity index (χ4n) is 2.79. The van der Waals surface area contributed by atoms with Crippen molar-refractivity contribution in [2.75, 3.05) is 19.0 Å². The Morgan fingerprint density at radius 2 is 1.81 bits per heavy atom. The first-order valence-electron chi connectivity index (χ1n) is 8.27. The van der Waals surface area contributed by atoms with Crippen molar-refractivity contribution < 1.29 is 0 Å². The highest BCUT2D eigenvalue weighted by molar-refractivity contribution is 7.15. The molecule has 6 heteroatoms. The van der Waals surface area contributed by atoms with Gasteiger partial charge in [-0.25, -0.2) is 0 Å². The van der Waals surface area contributed by atoms with E-state index in [9.17, 15) is 4.79 Å². The first kappa shape index (κ1) is 16.5. The summed E-state index contributed by atoms with van der Waals surface area (Å²) < 4.78 is 2.03. The number of thiazole rings is 1. The molecule has 4 rings (SSSR count). The molecule has 130 valence electrons. The number of benzene rings is 2. The number of rotatable bonds is 3. The Morgan fingerprint density at radius 3 is 2.46 bits per heavy atom. The van der Waals surface area contributed by atoms with Crippen LogP contribution < -0.4 is 15.0 Å². The highest BCUT2D eigenvalue weighted by Gasteiger charge is 2.13. The van der Waals surface area contributed by atoms with Crippen molar-refractivity contribution in [2.45, 2.75) is 6.92 Å². The lowest BCUT2D eigenvalue weighted by molar-refractivity contribution is 0.936. The lowest BCUT2D eigenvalue weighted by Gasteiger charge is -2.11. The van der Waals surface area contributed by atoms with Crippen molar-refractivity contribution in [3.05, 3.63) is 74.5 Å². The molecule has 0 spiro atoms. The smallest absolute Gasteiger partial charge is 0.291 e. The first-order valence-corrected chi connectivity index (χ1v) is 9.09. The van der Waals surface area contributed by atoms with E-state index >= 15 is 0 Å². The molecule has 0 fully saturated rings. The normalized spacial score (nSPS) is 12.0. The zero-order valence-corrected chi connectivity index (χ0v) is 15.6. The largest absolute Gasteiger partial charge is 0.378 e. The highest BCUT2D eigenvalue weighted by atomic mass is 32.1. The molecule has 0 unspecified atom stereocenters. The molecule has 5 nitrogen and oxygen atoms in total. The van der Waals surface area contributed by atoms with Crippen LogP contribution in [-0.2, 0) is 0 Å². The summed E-state index contributed by atoms with van der Waals surface area (Å²) in [6, 6.07) is 16.0. The molecule has 0 aliphatic rings. The van der Waals surface area contributed by atoms with Crippen molar-refractivity contribution in [1.29, 1.82) is 0 Å². The van der Waals surface area contributed by atoms with Gasteiger partial charge in [-0.3, -0.25) is 4.79 Å². The molecule has 0 amide bonds. The number of anilines is 1. The summed E-state index contributed by atoms with van der Waals surface area (Å²) >= 11 is 1.36. The third-order valence-electron chi connectivity index (χ3n) is 4.28. The molecule has 2 aromatic carbocycles. The monoisotopic (exact) mass is 362 g/mol. The predicted octanol–water partition coefficient (Wildman–Crippen LogP) is 2.74. The van der Waals surface area contributed by atoms with Gasteiger partial charge in [0.25, 0.3) is 5.56 Å². The van der Waals surface area contributed by atoms with Gasteiger partial charge in [0.1, 0.15) is 0 Å².